The van der Waals surface area contributed by atoms with Crippen LogP contribution in [0, 0.1) is 12.3 Å². The molecule has 1 aliphatic carbocycles. The van der Waals surface area contributed by atoms with E-state index < -0.39 is 0 Å². The van der Waals surface area contributed by atoms with Crippen LogP contribution < -0.4 is 0 Å². The second kappa shape index (κ2) is 5.33. The second-order valence-corrected chi connectivity index (χ2v) is 7.10. The molecule has 0 N–H and O–H groups in total. The molecule has 0 heteroatoms. The molecule has 110 valence electrons. The van der Waals surface area contributed by atoms with Crippen LogP contribution in [-0.4, -0.2) is 0 Å². The summed E-state index contributed by atoms with van der Waals surface area (Å²) in [7, 11) is 0. The average molecular weight is 278 g/mol. The van der Waals surface area contributed by atoms with Gasteiger partial charge in [0.25, 0.3) is 0 Å². The predicted octanol–water partition coefficient (Wildman–Crippen LogP) is 6.30. The van der Waals surface area contributed by atoms with Gasteiger partial charge < -0.3 is 0 Å². The number of rotatable bonds is 3. The van der Waals surface area contributed by atoms with Crippen LogP contribution in [0.25, 0.3) is 16.3 Å². The zero-order valence-corrected chi connectivity index (χ0v) is 13.8. The zero-order chi connectivity index (χ0) is 15.0. The smallest absolute Gasteiger partial charge is 0.0101 e. The number of hydrogen-bond donors (Lipinski definition) is 0. The Balaban J connectivity index is 2.17. The first-order valence-electron chi connectivity index (χ1n) is 8.26. The van der Waals surface area contributed by atoms with Gasteiger partial charge in [-0.3, -0.25) is 0 Å². The van der Waals surface area contributed by atoms with Gasteiger partial charge in [-0.1, -0.05) is 57.5 Å². The molecule has 0 unspecified atom stereocenters. The van der Waals surface area contributed by atoms with Crippen molar-refractivity contribution in [1.82, 2.24) is 0 Å². The van der Waals surface area contributed by atoms with E-state index >= 15 is 0 Å². The fourth-order valence-electron chi connectivity index (χ4n) is 3.87. The lowest BCUT2D eigenvalue weighted by atomic mass is 9.72. The minimum Gasteiger partial charge on any atom is -0.0798 e. The van der Waals surface area contributed by atoms with E-state index in [-0.39, 0.29) is 5.41 Å². The highest BCUT2D eigenvalue weighted by molar-refractivity contribution is 5.91. The van der Waals surface area contributed by atoms with E-state index in [4.69, 9.17) is 0 Å². The molecule has 0 aliphatic heterocycles. The molecule has 0 nitrogen and oxygen atoms in total. The maximum absolute atomic E-state index is 2.49. The van der Waals surface area contributed by atoms with Crippen LogP contribution in [0.3, 0.4) is 0 Å². The lowest BCUT2D eigenvalue weighted by Gasteiger charge is -2.32. The first-order valence-corrected chi connectivity index (χ1v) is 8.26. The summed E-state index contributed by atoms with van der Waals surface area (Å²) >= 11 is 0. The second-order valence-electron chi connectivity index (χ2n) is 7.10. The van der Waals surface area contributed by atoms with Gasteiger partial charge in [0.1, 0.15) is 0 Å². The molecule has 0 amide bonds. The minimum atomic E-state index is 0.279. The van der Waals surface area contributed by atoms with Crippen LogP contribution in [0.15, 0.2) is 36.4 Å². The number of benzene rings is 2. The average Bonchev–Trinajstić information content (AvgIpc) is 2.45. The molecule has 0 saturated heterocycles. The van der Waals surface area contributed by atoms with Crippen LogP contribution in [0.1, 0.15) is 56.7 Å². The Morgan fingerprint density at radius 3 is 2.71 bits per heavy atom. The minimum absolute atomic E-state index is 0.279. The summed E-state index contributed by atoms with van der Waals surface area (Å²) in [5, 5.41) is 2.81. The summed E-state index contributed by atoms with van der Waals surface area (Å²) in [6, 6.07) is 11.5. The molecule has 3 rings (SSSR count). The summed E-state index contributed by atoms with van der Waals surface area (Å²) < 4.78 is 0. The molecular weight excluding hydrogens is 252 g/mol. The summed E-state index contributed by atoms with van der Waals surface area (Å²) in [6.45, 7) is 9.31. The third kappa shape index (κ3) is 2.52. The summed E-state index contributed by atoms with van der Waals surface area (Å²) in [5.74, 6) is 0. The van der Waals surface area contributed by atoms with Crippen LogP contribution >= 0.6 is 0 Å². The highest BCUT2D eigenvalue weighted by atomic mass is 14.3. The van der Waals surface area contributed by atoms with Crippen molar-refractivity contribution in [2.24, 2.45) is 5.41 Å². The summed E-state index contributed by atoms with van der Waals surface area (Å²) in [5.41, 5.74) is 6.27. The molecule has 0 heterocycles. The fraction of sp³-hybridized carbons (Fsp3) is 0.429. The molecular formula is C21H26. The van der Waals surface area contributed by atoms with Gasteiger partial charge >= 0.3 is 0 Å². The van der Waals surface area contributed by atoms with Crippen LogP contribution in [0.5, 0.6) is 0 Å². The van der Waals surface area contributed by atoms with Crippen molar-refractivity contribution in [3.05, 3.63) is 53.1 Å². The SMILES string of the molecule is CCCC(C)(C)C1=CCCc2cc3c(C)cccc3cc21. The van der Waals surface area contributed by atoms with E-state index in [1.807, 2.05) is 0 Å². The molecule has 2 aromatic carbocycles. The largest absolute Gasteiger partial charge is 0.0798 e. The predicted molar refractivity (Wildman–Crippen MR) is 93.7 cm³/mol. The van der Waals surface area contributed by atoms with Crippen molar-refractivity contribution in [3.63, 3.8) is 0 Å². The first kappa shape index (κ1) is 14.4. The summed E-state index contributed by atoms with van der Waals surface area (Å²) in [6.07, 6.45) is 7.36. The van der Waals surface area contributed by atoms with E-state index in [0.29, 0.717) is 0 Å². The van der Waals surface area contributed by atoms with Gasteiger partial charge in [0.05, 0.1) is 0 Å². The van der Waals surface area contributed by atoms with Gasteiger partial charge in [-0.25, -0.2) is 0 Å². The normalized spacial score (nSPS) is 15.0. The lowest BCUT2D eigenvalue weighted by molar-refractivity contribution is 0.447. The van der Waals surface area contributed by atoms with E-state index in [1.165, 1.54) is 47.6 Å². The Morgan fingerprint density at radius 1 is 1.14 bits per heavy atom. The lowest BCUT2D eigenvalue weighted by Crippen LogP contribution is -2.17. The van der Waals surface area contributed by atoms with Crippen molar-refractivity contribution >= 4 is 16.3 Å². The van der Waals surface area contributed by atoms with Gasteiger partial charge in [-0.05, 0) is 70.7 Å². The molecule has 0 radical (unpaired) electrons. The van der Waals surface area contributed by atoms with Gasteiger partial charge in [-0.2, -0.15) is 0 Å². The van der Waals surface area contributed by atoms with Crippen molar-refractivity contribution < 1.29 is 0 Å². The summed E-state index contributed by atoms with van der Waals surface area (Å²) in [4.78, 5) is 0. The number of allylic oxidation sites excluding steroid dienone is 2. The van der Waals surface area contributed by atoms with E-state index in [1.54, 1.807) is 11.1 Å². The molecule has 1 aliphatic rings. The Kier molecular flexibility index (Phi) is 3.65. The third-order valence-electron chi connectivity index (χ3n) is 4.98. The van der Waals surface area contributed by atoms with Gasteiger partial charge in [0.15, 0.2) is 0 Å². The molecule has 2 aromatic rings. The van der Waals surface area contributed by atoms with Gasteiger partial charge in [0, 0.05) is 0 Å². The van der Waals surface area contributed by atoms with Crippen molar-refractivity contribution in [1.29, 1.82) is 0 Å². The maximum atomic E-state index is 2.49. The highest BCUT2D eigenvalue weighted by Gasteiger charge is 2.27. The molecule has 0 spiro atoms. The first-order chi connectivity index (χ1) is 10.0. The van der Waals surface area contributed by atoms with Crippen LogP contribution in [0.4, 0.5) is 0 Å². The van der Waals surface area contributed by atoms with Crippen molar-refractivity contribution in [2.45, 2.75) is 53.4 Å². The van der Waals surface area contributed by atoms with Gasteiger partial charge in [0.2, 0.25) is 0 Å². The van der Waals surface area contributed by atoms with Crippen LogP contribution in [0.2, 0.25) is 0 Å². The van der Waals surface area contributed by atoms with Gasteiger partial charge in [-0.15, -0.1) is 0 Å². The number of fused-ring (bicyclic) bond motifs is 2. The number of aryl methyl sites for hydroxylation is 2. The highest BCUT2D eigenvalue weighted by Crippen LogP contribution is 2.43. The topological polar surface area (TPSA) is 0 Å². The number of hydrogen-bond acceptors (Lipinski definition) is 0. The molecule has 0 fully saturated rings. The molecule has 0 aromatic heterocycles. The zero-order valence-electron chi connectivity index (χ0n) is 13.8. The standard InChI is InChI=1S/C21H26/c1-5-12-21(3,4)20-11-7-10-17-13-18-15(2)8-6-9-16(18)14-19(17)20/h6,8-9,11,13-14H,5,7,10,12H2,1-4H3. The molecule has 0 bridgehead atoms. The Morgan fingerprint density at radius 2 is 1.95 bits per heavy atom. The monoisotopic (exact) mass is 278 g/mol. The Hall–Kier alpha value is -1.56. The van der Waals surface area contributed by atoms with Crippen molar-refractivity contribution in [3.8, 4) is 0 Å². The van der Waals surface area contributed by atoms with E-state index in [9.17, 15) is 0 Å². The quantitative estimate of drug-likeness (QED) is 0.617. The van der Waals surface area contributed by atoms with Crippen molar-refractivity contribution in [2.75, 3.05) is 0 Å². The Bertz CT molecular complexity index is 701. The Labute approximate surface area is 128 Å². The van der Waals surface area contributed by atoms with Crippen LogP contribution in [-0.2, 0) is 6.42 Å². The molecule has 0 atom stereocenters. The third-order valence-corrected chi connectivity index (χ3v) is 4.98. The molecule has 21 heavy (non-hydrogen) atoms. The fourth-order valence-corrected chi connectivity index (χ4v) is 3.87. The maximum Gasteiger partial charge on any atom is -0.0101 e. The van der Waals surface area contributed by atoms with E-state index in [2.05, 4.69) is 64.1 Å². The molecule has 0 saturated carbocycles. The van der Waals surface area contributed by atoms with E-state index in [0.717, 1.165) is 0 Å².